The van der Waals surface area contributed by atoms with Crippen molar-refractivity contribution in [1.29, 1.82) is 0 Å². The van der Waals surface area contributed by atoms with E-state index in [0.29, 0.717) is 11.4 Å². The summed E-state index contributed by atoms with van der Waals surface area (Å²) >= 11 is 0. The molecule has 3 aromatic rings. The Hall–Kier alpha value is -3.99. The number of hydrogen-bond donors (Lipinski definition) is 3. The summed E-state index contributed by atoms with van der Waals surface area (Å²) in [6.45, 7) is 0. The van der Waals surface area contributed by atoms with Crippen molar-refractivity contribution in [3.63, 3.8) is 0 Å². The van der Waals surface area contributed by atoms with Crippen LogP contribution in [0.3, 0.4) is 0 Å². The number of nitrogens with one attached hydrogen (secondary N) is 3. The van der Waals surface area contributed by atoms with Gasteiger partial charge in [-0.2, -0.15) is 4.39 Å². The van der Waals surface area contributed by atoms with E-state index in [9.17, 15) is 22.4 Å². The fraction of sp³-hybridized carbons (Fsp3) is 0.0500. The minimum Gasteiger partial charge on any atom is -0.497 e. The molecule has 3 rings (SSSR count). The lowest BCUT2D eigenvalue weighted by Crippen LogP contribution is -2.41. The van der Waals surface area contributed by atoms with E-state index in [1.54, 1.807) is 12.1 Å². The standard InChI is InChI=1S/C20H17FN4O5S/c1-30-16-7-5-15(6-8-16)25-31(28,29)17-4-2-3-13(11-17)19(26)23-24-20(27)14-9-10-22-18(21)12-14/h2-12,25H,1H3,(H,23,26)(H,24,27). The number of hydrazine groups is 1. The quantitative estimate of drug-likeness (QED) is 0.395. The van der Waals surface area contributed by atoms with E-state index in [4.69, 9.17) is 4.74 Å². The highest BCUT2D eigenvalue weighted by molar-refractivity contribution is 7.92. The summed E-state index contributed by atoms with van der Waals surface area (Å²) in [7, 11) is -2.48. The number of nitrogens with zero attached hydrogens (tertiary/aromatic N) is 1. The zero-order valence-corrected chi connectivity index (χ0v) is 16.9. The summed E-state index contributed by atoms with van der Waals surface area (Å²) in [5.74, 6) is -1.80. The Morgan fingerprint density at radius 2 is 1.58 bits per heavy atom. The lowest BCUT2D eigenvalue weighted by Gasteiger charge is -2.11. The van der Waals surface area contributed by atoms with Crippen LogP contribution in [0.1, 0.15) is 20.7 Å². The van der Waals surface area contributed by atoms with Gasteiger partial charge in [0.15, 0.2) is 0 Å². The monoisotopic (exact) mass is 444 g/mol. The highest BCUT2D eigenvalue weighted by Crippen LogP contribution is 2.20. The largest absolute Gasteiger partial charge is 0.497 e. The van der Waals surface area contributed by atoms with Gasteiger partial charge in [-0.1, -0.05) is 6.07 Å². The molecule has 0 saturated heterocycles. The Labute approximate surface area is 177 Å². The highest BCUT2D eigenvalue weighted by atomic mass is 32.2. The zero-order valence-electron chi connectivity index (χ0n) is 16.1. The van der Waals surface area contributed by atoms with Crippen LogP contribution in [0.15, 0.2) is 71.8 Å². The number of anilines is 1. The molecule has 0 spiro atoms. The second kappa shape index (κ2) is 9.22. The molecule has 160 valence electrons. The molecule has 0 saturated carbocycles. The molecule has 9 nitrogen and oxygen atoms in total. The van der Waals surface area contributed by atoms with Crippen molar-refractivity contribution >= 4 is 27.5 Å². The molecule has 0 fully saturated rings. The molecule has 1 heterocycles. The first-order chi connectivity index (χ1) is 14.8. The number of halogens is 1. The second-order valence-electron chi connectivity index (χ2n) is 6.14. The number of carbonyl (C=O) groups is 2. The minimum atomic E-state index is -3.97. The molecule has 0 bridgehead atoms. The van der Waals surface area contributed by atoms with Gasteiger partial charge in [0.05, 0.1) is 12.0 Å². The number of hydrogen-bond acceptors (Lipinski definition) is 6. The van der Waals surface area contributed by atoms with Gasteiger partial charge >= 0.3 is 0 Å². The maximum atomic E-state index is 13.1. The Bertz CT molecular complexity index is 1220. The van der Waals surface area contributed by atoms with E-state index in [2.05, 4.69) is 20.6 Å². The molecule has 1 aromatic heterocycles. The fourth-order valence-electron chi connectivity index (χ4n) is 2.48. The molecule has 0 aliphatic heterocycles. The lowest BCUT2D eigenvalue weighted by atomic mass is 10.2. The summed E-state index contributed by atoms with van der Waals surface area (Å²) in [6.07, 6.45) is 1.11. The lowest BCUT2D eigenvalue weighted by molar-refractivity contribution is 0.0846. The predicted molar refractivity (Wildman–Crippen MR) is 109 cm³/mol. The van der Waals surface area contributed by atoms with Gasteiger partial charge in [0.25, 0.3) is 21.8 Å². The number of benzene rings is 2. The van der Waals surface area contributed by atoms with E-state index in [0.717, 1.165) is 18.3 Å². The first-order valence-electron chi connectivity index (χ1n) is 8.78. The normalized spacial score (nSPS) is 10.8. The van der Waals surface area contributed by atoms with E-state index in [-0.39, 0.29) is 16.0 Å². The molecular formula is C20H17FN4O5S. The Morgan fingerprint density at radius 3 is 2.19 bits per heavy atom. The van der Waals surface area contributed by atoms with Gasteiger partial charge in [-0.25, -0.2) is 13.4 Å². The van der Waals surface area contributed by atoms with E-state index >= 15 is 0 Å². The average Bonchev–Trinajstić information content (AvgIpc) is 2.77. The number of amides is 2. The Balaban J connectivity index is 1.69. The minimum absolute atomic E-state index is 0.0150. The van der Waals surface area contributed by atoms with Crippen molar-refractivity contribution in [3.05, 3.63) is 83.9 Å². The fourth-order valence-corrected chi connectivity index (χ4v) is 3.58. The van der Waals surface area contributed by atoms with Gasteiger partial charge in [0, 0.05) is 29.1 Å². The molecule has 0 radical (unpaired) electrons. The van der Waals surface area contributed by atoms with Crippen LogP contribution < -0.4 is 20.3 Å². The van der Waals surface area contributed by atoms with Crippen LogP contribution in [-0.4, -0.2) is 32.3 Å². The maximum Gasteiger partial charge on any atom is 0.269 e. The number of sulfonamides is 1. The van der Waals surface area contributed by atoms with Crippen molar-refractivity contribution in [2.24, 2.45) is 0 Å². The molecule has 2 aromatic carbocycles. The van der Waals surface area contributed by atoms with Gasteiger partial charge in [0.2, 0.25) is 5.95 Å². The van der Waals surface area contributed by atoms with E-state index in [1.165, 1.54) is 43.5 Å². The molecule has 2 amide bonds. The van der Waals surface area contributed by atoms with Gasteiger partial charge in [-0.05, 0) is 48.5 Å². The number of aromatic nitrogens is 1. The molecule has 11 heteroatoms. The summed E-state index contributed by atoms with van der Waals surface area (Å²) in [4.78, 5) is 27.5. The topological polar surface area (TPSA) is 126 Å². The number of rotatable bonds is 6. The van der Waals surface area contributed by atoms with E-state index in [1.807, 2.05) is 0 Å². The van der Waals surface area contributed by atoms with Gasteiger partial charge in [0.1, 0.15) is 5.75 Å². The number of carbonyl (C=O) groups excluding carboxylic acids is 2. The third-order valence-corrected chi connectivity index (χ3v) is 5.41. The van der Waals surface area contributed by atoms with Gasteiger partial charge in [-0.15, -0.1) is 0 Å². The van der Waals surface area contributed by atoms with Crippen LogP contribution in [-0.2, 0) is 10.0 Å². The van der Waals surface area contributed by atoms with Gasteiger partial charge < -0.3 is 4.74 Å². The number of pyridine rings is 1. The van der Waals surface area contributed by atoms with Crippen LogP contribution in [0.5, 0.6) is 5.75 Å². The highest BCUT2D eigenvalue weighted by Gasteiger charge is 2.17. The zero-order chi connectivity index (χ0) is 22.4. The third kappa shape index (κ3) is 5.54. The Kier molecular flexibility index (Phi) is 6.46. The molecule has 3 N–H and O–H groups in total. The Morgan fingerprint density at radius 1 is 0.935 bits per heavy atom. The van der Waals surface area contributed by atoms with Crippen LogP contribution in [0, 0.1) is 5.95 Å². The average molecular weight is 444 g/mol. The van der Waals surface area contributed by atoms with Crippen LogP contribution >= 0.6 is 0 Å². The van der Waals surface area contributed by atoms with Crippen molar-refractivity contribution in [2.75, 3.05) is 11.8 Å². The van der Waals surface area contributed by atoms with Crippen molar-refractivity contribution in [2.45, 2.75) is 4.90 Å². The predicted octanol–water partition coefficient (Wildman–Crippen LogP) is 2.10. The first-order valence-corrected chi connectivity index (χ1v) is 10.3. The summed E-state index contributed by atoms with van der Waals surface area (Å²) in [5.41, 5.74) is 4.52. The molecule has 0 unspecified atom stereocenters. The molecule has 0 aliphatic carbocycles. The molecular weight excluding hydrogens is 427 g/mol. The van der Waals surface area contributed by atoms with Crippen molar-refractivity contribution in [3.8, 4) is 5.75 Å². The van der Waals surface area contributed by atoms with Crippen LogP contribution in [0.2, 0.25) is 0 Å². The van der Waals surface area contributed by atoms with Crippen LogP contribution in [0.4, 0.5) is 10.1 Å². The van der Waals surface area contributed by atoms with Crippen molar-refractivity contribution < 1.29 is 27.1 Å². The van der Waals surface area contributed by atoms with E-state index < -0.39 is 27.8 Å². The summed E-state index contributed by atoms with van der Waals surface area (Å²) in [5, 5.41) is 0. The number of ether oxygens (including phenoxy) is 1. The second-order valence-corrected chi connectivity index (χ2v) is 7.82. The number of methoxy groups -OCH3 is 1. The maximum absolute atomic E-state index is 13.1. The first kappa shape index (κ1) is 21.7. The smallest absolute Gasteiger partial charge is 0.269 e. The van der Waals surface area contributed by atoms with Gasteiger partial charge in [-0.3, -0.25) is 25.2 Å². The summed E-state index contributed by atoms with van der Waals surface area (Å²) < 4.78 is 45.8. The molecule has 31 heavy (non-hydrogen) atoms. The molecule has 0 atom stereocenters. The third-order valence-electron chi connectivity index (χ3n) is 4.03. The van der Waals surface area contributed by atoms with Crippen LogP contribution in [0.25, 0.3) is 0 Å². The summed E-state index contributed by atoms with van der Waals surface area (Å²) in [6, 6.07) is 13.7. The SMILES string of the molecule is COc1ccc(NS(=O)(=O)c2cccc(C(=O)NNC(=O)c3ccnc(F)c3)c2)cc1. The van der Waals surface area contributed by atoms with Crippen molar-refractivity contribution in [1.82, 2.24) is 15.8 Å². The molecule has 0 aliphatic rings.